The molecule has 0 bridgehead atoms. The summed E-state index contributed by atoms with van der Waals surface area (Å²) in [5.41, 5.74) is 4.23. The van der Waals surface area contributed by atoms with E-state index in [9.17, 15) is 0 Å². The maximum absolute atomic E-state index is 6.25. The highest BCUT2D eigenvalue weighted by molar-refractivity contribution is 9.10. The monoisotopic (exact) mass is 354 g/mol. The van der Waals surface area contributed by atoms with Gasteiger partial charge in [0.05, 0.1) is 11.6 Å². The number of hydrogen-bond acceptors (Lipinski definition) is 3. The van der Waals surface area contributed by atoms with Crippen molar-refractivity contribution in [1.29, 1.82) is 0 Å². The molecule has 118 valence electrons. The van der Waals surface area contributed by atoms with Crippen LogP contribution < -0.4 is 11.3 Å². The van der Waals surface area contributed by atoms with Gasteiger partial charge in [0, 0.05) is 11.1 Å². The van der Waals surface area contributed by atoms with Crippen LogP contribution in [0.1, 0.15) is 51.0 Å². The zero-order valence-corrected chi connectivity index (χ0v) is 14.5. The van der Waals surface area contributed by atoms with Gasteiger partial charge in [-0.05, 0) is 43.9 Å². The molecule has 2 rings (SSSR count). The second-order valence-electron chi connectivity index (χ2n) is 5.96. The topological polar surface area (TPSA) is 47.3 Å². The third-order valence-electron chi connectivity index (χ3n) is 4.57. The Morgan fingerprint density at radius 1 is 1.19 bits per heavy atom. The van der Waals surface area contributed by atoms with E-state index in [1.165, 1.54) is 31.2 Å². The second-order valence-corrected chi connectivity index (χ2v) is 6.88. The SMILES string of the molecule is CCOC1(C(Cc2ccc(Br)cc2)NN)CCCCCC1. The number of rotatable bonds is 6. The molecule has 1 atom stereocenters. The summed E-state index contributed by atoms with van der Waals surface area (Å²) >= 11 is 3.49. The van der Waals surface area contributed by atoms with E-state index in [0.29, 0.717) is 0 Å². The lowest BCUT2D eigenvalue weighted by atomic mass is 9.83. The molecule has 1 aliphatic rings. The van der Waals surface area contributed by atoms with Crippen LogP contribution in [-0.2, 0) is 11.2 Å². The molecular weight excluding hydrogens is 328 g/mol. The van der Waals surface area contributed by atoms with Crippen molar-refractivity contribution in [2.75, 3.05) is 6.61 Å². The van der Waals surface area contributed by atoms with Crippen LogP contribution in [0.4, 0.5) is 0 Å². The van der Waals surface area contributed by atoms with E-state index in [4.69, 9.17) is 10.6 Å². The lowest BCUT2D eigenvalue weighted by molar-refractivity contribution is -0.0768. The normalized spacial score (nSPS) is 20.0. The van der Waals surface area contributed by atoms with Crippen molar-refractivity contribution >= 4 is 15.9 Å². The Kier molecular flexibility index (Phi) is 6.68. The summed E-state index contributed by atoms with van der Waals surface area (Å²) in [7, 11) is 0. The van der Waals surface area contributed by atoms with Gasteiger partial charge in [0.1, 0.15) is 0 Å². The number of nitrogens with two attached hydrogens (primary N) is 1. The number of hydrazine groups is 1. The quantitative estimate of drug-likeness (QED) is 0.461. The molecule has 1 aliphatic carbocycles. The number of ether oxygens (including phenoxy) is 1. The molecule has 3 N–H and O–H groups in total. The maximum atomic E-state index is 6.25. The molecule has 0 aliphatic heterocycles. The van der Waals surface area contributed by atoms with Gasteiger partial charge in [0.25, 0.3) is 0 Å². The number of benzene rings is 1. The van der Waals surface area contributed by atoms with E-state index in [-0.39, 0.29) is 11.6 Å². The third kappa shape index (κ3) is 4.52. The molecule has 4 heteroatoms. The first-order chi connectivity index (χ1) is 10.2. The van der Waals surface area contributed by atoms with E-state index in [1.54, 1.807) is 0 Å². The van der Waals surface area contributed by atoms with Crippen LogP contribution in [-0.4, -0.2) is 18.2 Å². The lowest BCUT2D eigenvalue weighted by Gasteiger charge is -2.40. The zero-order valence-electron chi connectivity index (χ0n) is 12.9. The predicted molar refractivity (Wildman–Crippen MR) is 91.0 cm³/mol. The van der Waals surface area contributed by atoms with Gasteiger partial charge in [-0.25, -0.2) is 0 Å². The molecule has 1 aromatic carbocycles. The number of hydrogen-bond donors (Lipinski definition) is 2. The standard InChI is InChI=1S/C17H27BrN2O/c1-2-21-17(11-5-3-4-6-12-17)16(20-19)13-14-7-9-15(18)10-8-14/h7-10,16,20H,2-6,11-13,19H2,1H3. The molecule has 0 amide bonds. The Hall–Kier alpha value is -0.420. The summed E-state index contributed by atoms with van der Waals surface area (Å²) in [6.45, 7) is 2.83. The van der Waals surface area contributed by atoms with Crippen molar-refractivity contribution < 1.29 is 4.74 Å². The van der Waals surface area contributed by atoms with Crippen LogP contribution in [0, 0.1) is 0 Å². The first-order valence-electron chi connectivity index (χ1n) is 8.05. The summed E-state index contributed by atoms with van der Waals surface area (Å²) in [6.07, 6.45) is 8.20. The Morgan fingerprint density at radius 2 is 1.81 bits per heavy atom. The van der Waals surface area contributed by atoms with Crippen LogP contribution in [0.2, 0.25) is 0 Å². The van der Waals surface area contributed by atoms with Gasteiger partial charge in [-0.1, -0.05) is 53.7 Å². The van der Waals surface area contributed by atoms with Crippen molar-refractivity contribution in [2.45, 2.75) is 63.5 Å². The average Bonchev–Trinajstić information content (AvgIpc) is 2.73. The fourth-order valence-corrected chi connectivity index (χ4v) is 3.73. The summed E-state index contributed by atoms with van der Waals surface area (Å²) in [5, 5.41) is 0. The highest BCUT2D eigenvalue weighted by atomic mass is 79.9. The highest BCUT2D eigenvalue weighted by Gasteiger charge is 2.39. The Balaban J connectivity index is 2.16. The summed E-state index contributed by atoms with van der Waals surface area (Å²) in [5.74, 6) is 5.91. The first-order valence-corrected chi connectivity index (χ1v) is 8.84. The molecule has 0 saturated heterocycles. The third-order valence-corrected chi connectivity index (χ3v) is 5.10. The highest BCUT2D eigenvalue weighted by Crippen LogP contribution is 2.34. The van der Waals surface area contributed by atoms with E-state index >= 15 is 0 Å². The van der Waals surface area contributed by atoms with Gasteiger partial charge >= 0.3 is 0 Å². The minimum Gasteiger partial charge on any atom is -0.374 e. The van der Waals surface area contributed by atoms with E-state index < -0.39 is 0 Å². The summed E-state index contributed by atoms with van der Waals surface area (Å²) < 4.78 is 7.36. The fourth-order valence-electron chi connectivity index (χ4n) is 3.46. The number of nitrogens with one attached hydrogen (secondary N) is 1. The first kappa shape index (κ1) is 16.9. The smallest absolute Gasteiger partial charge is 0.0851 e. The Labute approximate surface area is 136 Å². The van der Waals surface area contributed by atoms with Crippen LogP contribution in [0.15, 0.2) is 28.7 Å². The molecule has 0 spiro atoms. The number of halogens is 1. The van der Waals surface area contributed by atoms with Gasteiger partial charge in [0.15, 0.2) is 0 Å². The van der Waals surface area contributed by atoms with E-state index in [2.05, 4.69) is 52.5 Å². The Morgan fingerprint density at radius 3 is 2.33 bits per heavy atom. The molecule has 0 aromatic heterocycles. The molecular formula is C17H27BrN2O. The fraction of sp³-hybridized carbons (Fsp3) is 0.647. The maximum Gasteiger partial charge on any atom is 0.0851 e. The minimum atomic E-state index is -0.118. The van der Waals surface area contributed by atoms with Crippen molar-refractivity contribution in [2.24, 2.45) is 5.84 Å². The van der Waals surface area contributed by atoms with Crippen molar-refractivity contribution in [1.82, 2.24) is 5.43 Å². The predicted octanol–water partition coefficient (Wildman–Crippen LogP) is 3.95. The van der Waals surface area contributed by atoms with Gasteiger partial charge in [-0.3, -0.25) is 11.3 Å². The molecule has 0 radical (unpaired) electrons. The van der Waals surface area contributed by atoms with Crippen LogP contribution >= 0.6 is 15.9 Å². The lowest BCUT2D eigenvalue weighted by Crippen LogP contribution is -2.56. The van der Waals surface area contributed by atoms with Crippen LogP contribution in [0.3, 0.4) is 0 Å². The van der Waals surface area contributed by atoms with Crippen molar-refractivity contribution in [3.63, 3.8) is 0 Å². The molecule has 0 heterocycles. The molecule has 1 aromatic rings. The molecule has 1 unspecified atom stereocenters. The van der Waals surface area contributed by atoms with Crippen LogP contribution in [0.25, 0.3) is 0 Å². The van der Waals surface area contributed by atoms with Gasteiger partial charge < -0.3 is 4.74 Å². The summed E-state index contributed by atoms with van der Waals surface area (Å²) in [6, 6.07) is 8.65. The molecule has 1 saturated carbocycles. The van der Waals surface area contributed by atoms with Crippen molar-refractivity contribution in [3.05, 3.63) is 34.3 Å². The minimum absolute atomic E-state index is 0.118. The van der Waals surface area contributed by atoms with Crippen molar-refractivity contribution in [3.8, 4) is 0 Å². The van der Waals surface area contributed by atoms with E-state index in [0.717, 1.165) is 30.3 Å². The molecule has 3 nitrogen and oxygen atoms in total. The molecule has 1 fully saturated rings. The van der Waals surface area contributed by atoms with E-state index in [1.807, 2.05) is 0 Å². The zero-order chi connectivity index (χ0) is 15.1. The van der Waals surface area contributed by atoms with Crippen LogP contribution in [0.5, 0.6) is 0 Å². The van der Waals surface area contributed by atoms with Gasteiger partial charge in [-0.2, -0.15) is 0 Å². The molecule has 21 heavy (non-hydrogen) atoms. The average molecular weight is 355 g/mol. The summed E-state index contributed by atoms with van der Waals surface area (Å²) in [4.78, 5) is 0. The second kappa shape index (κ2) is 8.28. The largest absolute Gasteiger partial charge is 0.374 e. The van der Waals surface area contributed by atoms with Gasteiger partial charge in [-0.15, -0.1) is 0 Å². The van der Waals surface area contributed by atoms with Gasteiger partial charge in [0.2, 0.25) is 0 Å². The Bertz CT molecular complexity index is 413.